The number of carbonyl (C=O) groups excluding carboxylic acids is 6. The Bertz CT molecular complexity index is 4000. The van der Waals surface area contributed by atoms with Crippen LogP contribution in [0.15, 0.2) is 121 Å². The summed E-state index contributed by atoms with van der Waals surface area (Å²) >= 11 is 0. The highest BCUT2D eigenvalue weighted by molar-refractivity contribution is 6.60. The number of hydrogen-bond donors (Lipinski definition) is 0. The summed E-state index contributed by atoms with van der Waals surface area (Å²) < 4.78 is 96.2. The van der Waals surface area contributed by atoms with E-state index in [1.165, 1.54) is 66.9 Å². The minimum absolute atomic E-state index is 0.0250. The number of fused-ring (bicyclic) bond motifs is 2. The van der Waals surface area contributed by atoms with Crippen molar-refractivity contribution in [3.63, 3.8) is 0 Å². The zero-order valence-corrected chi connectivity index (χ0v) is 59.6. The molecule has 0 aliphatic carbocycles. The van der Waals surface area contributed by atoms with Crippen LogP contribution in [-0.4, -0.2) is 183 Å². The molecule has 24 nitrogen and oxygen atoms in total. The first kappa shape index (κ1) is 72.0. The molecule has 0 radical (unpaired) electrons. The van der Waals surface area contributed by atoms with Crippen molar-refractivity contribution < 1.29 is 103 Å². The third kappa shape index (κ3) is 14.3. The van der Waals surface area contributed by atoms with E-state index in [4.69, 9.17) is 73.9 Å². The molecule has 2 heterocycles. The average molecular weight is 1400 g/mol. The van der Waals surface area contributed by atoms with Crippen molar-refractivity contribution in [2.75, 3.05) is 108 Å². The van der Waals surface area contributed by atoms with Crippen LogP contribution in [0.5, 0.6) is 46.0 Å². The van der Waals surface area contributed by atoms with Gasteiger partial charge in [-0.15, -0.1) is 0 Å². The highest BCUT2D eigenvalue weighted by atomic mass is 28.4. The number of amides is 4. The summed E-state index contributed by atoms with van der Waals surface area (Å²) in [5.74, 6) is -4.26. The Balaban J connectivity index is 1.21. The van der Waals surface area contributed by atoms with E-state index in [0.717, 1.165) is 32.1 Å². The Morgan fingerprint density at radius 1 is 0.350 bits per heavy atom. The second kappa shape index (κ2) is 31.1. The number of nitrogens with zero attached hydrogens (tertiary/aromatic N) is 2. The number of esters is 2. The zero-order chi connectivity index (χ0) is 71.2. The fraction of sp³-hybridized carbons (Fsp3) is 0.324. The van der Waals surface area contributed by atoms with E-state index in [1.54, 1.807) is 62.4 Å². The number of aryl methyl sites for hydroxylation is 4. The van der Waals surface area contributed by atoms with Crippen molar-refractivity contribution in [3.8, 4) is 46.0 Å². The summed E-state index contributed by atoms with van der Waals surface area (Å²) in [5.41, 5.74) is 3.30. The molecule has 0 fully saturated rings. The maximum absolute atomic E-state index is 16.1. The Hall–Kier alpha value is -9.27. The lowest BCUT2D eigenvalue weighted by Gasteiger charge is -2.35. The standard InChI is InChI=1S/C74H78N2O22Si2/c1-13-89-39-55(73(81)93-33-31-91-41-99(83-7,84-8)85-9)75-69(77)51-35-57(95-47-23-15-43(3)16-24-47)63-65-59(97-49-27-19-45(5)20-28-49)37-53-62-54(72(80)76(71(53)79)56(40-90-14-2)74(82)94-34-32-92-42-100(86-10,87-11)88-12)38-60(98-50-29-21-46(6)22-30-50)66(68(62)65)64-58(96-48-25-17-44(4)18-26-48)36-52(70(75)78)61(51)67(63)64/h15-30,35-38,55-56H,13-14,31-34,39-42H2,1-12H3. The quantitative estimate of drug-likeness (QED) is 0.00906. The summed E-state index contributed by atoms with van der Waals surface area (Å²) in [7, 11) is 2.22. The smallest absolute Gasteiger partial charge is 0.462 e. The Morgan fingerprint density at radius 2 is 0.600 bits per heavy atom. The lowest BCUT2D eigenvalue weighted by atomic mass is 9.80. The number of rotatable bonds is 34. The van der Waals surface area contributed by atoms with Gasteiger partial charge in [0.05, 0.1) is 48.7 Å². The summed E-state index contributed by atoms with van der Waals surface area (Å²) in [6.07, 6.45) is -0.148. The van der Waals surface area contributed by atoms with Crippen molar-refractivity contribution in [1.82, 2.24) is 9.80 Å². The molecule has 0 N–H and O–H groups in total. The SMILES string of the molecule is CCOCC(C(=O)OCCOC[Si](OC)(OC)OC)N1C(=O)c2cc(Oc3ccc(C)cc3)c3c4c(Oc5ccc(C)cc5)cc5c6c(cc(Oc7ccc(C)cc7)c(c7c(Oc8ccc(C)cc8)cc(c2c37)C1=O)c64)C(=O)N(C(COCC)C(=O)OCCOC[Si](OC)(OC)OC)C5=O. The van der Waals surface area contributed by atoms with E-state index < -0.39 is 78.5 Å². The van der Waals surface area contributed by atoms with Crippen LogP contribution in [0.1, 0.15) is 77.5 Å². The normalized spacial score (nSPS) is 13.8. The monoisotopic (exact) mass is 1400 g/mol. The molecule has 9 aromatic carbocycles. The first-order valence-corrected chi connectivity index (χ1v) is 36.2. The molecule has 524 valence electrons. The largest absolute Gasteiger partial charge is 0.527 e. The fourth-order valence-electron chi connectivity index (χ4n) is 12.2. The van der Waals surface area contributed by atoms with E-state index in [1.807, 2.05) is 76.2 Å². The van der Waals surface area contributed by atoms with Gasteiger partial charge in [-0.3, -0.25) is 29.0 Å². The third-order valence-electron chi connectivity index (χ3n) is 17.5. The van der Waals surface area contributed by atoms with Gasteiger partial charge in [-0.25, -0.2) is 9.59 Å². The summed E-state index contributed by atoms with van der Waals surface area (Å²) in [6, 6.07) is 31.4. The molecular weight excluding hydrogens is 1320 g/mol. The topological polar surface area (TPSA) is 257 Å². The molecule has 2 atom stereocenters. The van der Waals surface area contributed by atoms with Crippen LogP contribution in [0.3, 0.4) is 0 Å². The van der Waals surface area contributed by atoms with Crippen LogP contribution >= 0.6 is 0 Å². The van der Waals surface area contributed by atoms with Gasteiger partial charge < -0.3 is 73.9 Å². The summed E-state index contributed by atoms with van der Waals surface area (Å²) in [4.78, 5) is 95.3. The van der Waals surface area contributed by atoms with Gasteiger partial charge in [-0.1, -0.05) is 70.8 Å². The molecule has 100 heavy (non-hydrogen) atoms. The molecule has 9 aromatic rings. The van der Waals surface area contributed by atoms with Gasteiger partial charge in [0.15, 0.2) is 12.1 Å². The van der Waals surface area contributed by atoms with Gasteiger partial charge in [0, 0.05) is 99.0 Å². The lowest BCUT2D eigenvalue weighted by molar-refractivity contribution is -0.152. The summed E-state index contributed by atoms with van der Waals surface area (Å²) in [6.45, 7) is 9.41. The molecule has 0 aromatic heterocycles. The molecule has 0 bridgehead atoms. The second-order valence-electron chi connectivity index (χ2n) is 23.7. The van der Waals surface area contributed by atoms with Crippen LogP contribution in [-0.2, 0) is 64.6 Å². The van der Waals surface area contributed by atoms with E-state index in [-0.39, 0.29) is 140 Å². The number of carbonyl (C=O) groups is 6. The van der Waals surface area contributed by atoms with Gasteiger partial charge in [0.25, 0.3) is 23.6 Å². The molecule has 2 aliphatic rings. The maximum Gasteiger partial charge on any atom is 0.527 e. The Morgan fingerprint density at radius 3 is 0.830 bits per heavy atom. The van der Waals surface area contributed by atoms with E-state index >= 15 is 19.2 Å². The molecule has 2 aliphatic heterocycles. The van der Waals surface area contributed by atoms with Crippen molar-refractivity contribution in [1.29, 1.82) is 0 Å². The predicted molar refractivity (Wildman–Crippen MR) is 371 cm³/mol. The molecule has 26 heteroatoms. The molecular formula is C74H78N2O22Si2. The Labute approximate surface area is 579 Å². The van der Waals surface area contributed by atoms with Gasteiger partial charge in [-0.2, -0.15) is 0 Å². The van der Waals surface area contributed by atoms with Gasteiger partial charge in [-0.05, 0) is 114 Å². The number of hydrogen-bond acceptors (Lipinski definition) is 22. The van der Waals surface area contributed by atoms with Crippen LogP contribution in [0.25, 0.3) is 43.1 Å². The Kier molecular flexibility index (Phi) is 22.4. The number of ether oxygens (including phenoxy) is 10. The van der Waals surface area contributed by atoms with Crippen molar-refractivity contribution in [2.24, 2.45) is 0 Å². The highest BCUT2D eigenvalue weighted by Crippen LogP contribution is 2.58. The van der Waals surface area contributed by atoms with Crippen LogP contribution in [0.4, 0.5) is 0 Å². The van der Waals surface area contributed by atoms with Crippen molar-refractivity contribution >= 4 is 96.3 Å². The number of benzene rings is 9. The van der Waals surface area contributed by atoms with Crippen LogP contribution in [0, 0.1) is 27.7 Å². The fourth-order valence-corrected chi connectivity index (χ4v) is 14.7. The van der Waals surface area contributed by atoms with Crippen molar-refractivity contribution in [3.05, 3.63) is 166 Å². The maximum atomic E-state index is 16.1. The molecule has 0 spiro atoms. The van der Waals surface area contributed by atoms with E-state index in [9.17, 15) is 9.59 Å². The van der Waals surface area contributed by atoms with Crippen molar-refractivity contribution in [2.45, 2.75) is 53.6 Å². The zero-order valence-electron chi connectivity index (χ0n) is 57.6. The number of imide groups is 2. The summed E-state index contributed by atoms with van der Waals surface area (Å²) in [5, 5.41) is 1.60. The van der Waals surface area contributed by atoms with Gasteiger partial charge >= 0.3 is 29.5 Å². The van der Waals surface area contributed by atoms with E-state index in [2.05, 4.69) is 0 Å². The minimum atomic E-state index is -3.19. The predicted octanol–water partition coefficient (Wildman–Crippen LogP) is 12.1. The second-order valence-corrected chi connectivity index (χ2v) is 29.5. The minimum Gasteiger partial charge on any atom is -0.462 e. The van der Waals surface area contributed by atoms with Crippen LogP contribution in [0.2, 0.25) is 0 Å². The van der Waals surface area contributed by atoms with Gasteiger partial charge in [0.2, 0.25) is 0 Å². The first-order valence-electron chi connectivity index (χ1n) is 32.3. The lowest BCUT2D eigenvalue weighted by Crippen LogP contribution is -2.53. The molecule has 4 amide bonds. The average Bonchev–Trinajstić information content (AvgIpc) is 0.688. The third-order valence-corrected chi connectivity index (χ3v) is 22.3. The molecule has 0 saturated heterocycles. The first-order chi connectivity index (χ1) is 48.3. The molecule has 0 saturated carbocycles. The molecule has 11 rings (SSSR count). The highest BCUT2D eigenvalue weighted by Gasteiger charge is 2.48. The van der Waals surface area contributed by atoms with Crippen LogP contribution < -0.4 is 18.9 Å². The van der Waals surface area contributed by atoms with E-state index in [0.29, 0.717) is 23.0 Å². The van der Waals surface area contributed by atoms with Gasteiger partial charge in [0.1, 0.15) is 71.7 Å². The molecule has 2 unspecified atom stereocenters.